The lowest BCUT2D eigenvalue weighted by molar-refractivity contribution is -0.113. The van der Waals surface area contributed by atoms with Crippen LogP contribution in [-0.2, 0) is 11.3 Å². The number of imidazole rings is 1. The summed E-state index contributed by atoms with van der Waals surface area (Å²) >= 11 is 7.52. The number of para-hydroxylation sites is 2. The fourth-order valence-corrected chi connectivity index (χ4v) is 3.75. The Morgan fingerprint density at radius 3 is 2.85 bits per heavy atom. The zero-order valence-electron chi connectivity index (χ0n) is 14.9. The van der Waals surface area contributed by atoms with Crippen molar-refractivity contribution in [3.8, 4) is 5.75 Å². The highest BCUT2D eigenvalue weighted by molar-refractivity contribution is 7.99. The van der Waals surface area contributed by atoms with Crippen molar-refractivity contribution in [1.29, 1.82) is 0 Å². The molecule has 1 aromatic heterocycles. The van der Waals surface area contributed by atoms with E-state index in [2.05, 4.69) is 21.8 Å². The number of aromatic nitrogens is 2. The van der Waals surface area contributed by atoms with Gasteiger partial charge in [0.1, 0.15) is 5.75 Å². The van der Waals surface area contributed by atoms with Gasteiger partial charge in [0.25, 0.3) is 0 Å². The Morgan fingerprint density at radius 1 is 1.35 bits per heavy atom. The van der Waals surface area contributed by atoms with Crippen LogP contribution in [0.15, 0.2) is 41.6 Å². The van der Waals surface area contributed by atoms with Crippen molar-refractivity contribution in [2.45, 2.75) is 25.5 Å². The molecule has 1 heterocycles. The van der Waals surface area contributed by atoms with Crippen LogP contribution in [0.3, 0.4) is 0 Å². The second-order valence-corrected chi connectivity index (χ2v) is 7.12. The lowest BCUT2D eigenvalue weighted by Crippen LogP contribution is -2.15. The van der Waals surface area contributed by atoms with Crippen LogP contribution in [0.25, 0.3) is 11.0 Å². The summed E-state index contributed by atoms with van der Waals surface area (Å²) in [7, 11) is 1.55. The molecule has 0 aliphatic heterocycles. The van der Waals surface area contributed by atoms with Gasteiger partial charge in [-0.2, -0.15) is 0 Å². The Hall–Kier alpha value is -2.18. The first-order valence-corrected chi connectivity index (χ1v) is 9.62. The SMILES string of the molecule is CCn1c(SCC(=O)Nc2cc(C)c(Cl)cc2OC)nc2ccccc21. The predicted octanol–water partition coefficient (Wildman–Crippen LogP) is 4.76. The first kappa shape index (κ1) is 18.6. The summed E-state index contributed by atoms with van der Waals surface area (Å²) in [4.78, 5) is 17.0. The van der Waals surface area contributed by atoms with Crippen LogP contribution in [0.5, 0.6) is 5.75 Å². The van der Waals surface area contributed by atoms with Gasteiger partial charge < -0.3 is 14.6 Å². The van der Waals surface area contributed by atoms with Gasteiger partial charge in [0.2, 0.25) is 5.91 Å². The van der Waals surface area contributed by atoms with Crippen molar-refractivity contribution in [3.05, 3.63) is 47.0 Å². The number of amides is 1. The Bertz CT molecular complexity index is 955. The lowest BCUT2D eigenvalue weighted by atomic mass is 10.2. The van der Waals surface area contributed by atoms with Crippen LogP contribution in [0.4, 0.5) is 5.69 Å². The number of halogens is 1. The van der Waals surface area contributed by atoms with Crippen molar-refractivity contribution in [3.63, 3.8) is 0 Å². The summed E-state index contributed by atoms with van der Waals surface area (Å²) in [5.41, 5.74) is 3.51. The van der Waals surface area contributed by atoms with Crippen LogP contribution >= 0.6 is 23.4 Å². The minimum Gasteiger partial charge on any atom is -0.495 e. The fourth-order valence-electron chi connectivity index (χ4n) is 2.72. The third-order valence-electron chi connectivity index (χ3n) is 4.02. The zero-order chi connectivity index (χ0) is 18.7. The maximum Gasteiger partial charge on any atom is 0.234 e. The van der Waals surface area contributed by atoms with Gasteiger partial charge in [-0.15, -0.1) is 0 Å². The molecule has 3 rings (SSSR count). The molecular weight excluding hydrogens is 370 g/mol. The van der Waals surface area contributed by atoms with Crippen LogP contribution < -0.4 is 10.1 Å². The van der Waals surface area contributed by atoms with Crippen molar-refractivity contribution < 1.29 is 9.53 Å². The maximum atomic E-state index is 12.4. The second kappa shape index (κ2) is 8.01. The number of thioether (sulfide) groups is 1. The minimum absolute atomic E-state index is 0.121. The number of nitrogens with zero attached hydrogens (tertiary/aromatic N) is 2. The van der Waals surface area contributed by atoms with Crippen LogP contribution in [0, 0.1) is 6.92 Å². The predicted molar refractivity (Wildman–Crippen MR) is 108 cm³/mol. The number of benzene rings is 2. The van der Waals surface area contributed by atoms with E-state index in [4.69, 9.17) is 16.3 Å². The monoisotopic (exact) mass is 389 g/mol. The highest BCUT2D eigenvalue weighted by Gasteiger charge is 2.14. The molecule has 0 spiro atoms. The van der Waals surface area contributed by atoms with E-state index in [1.807, 2.05) is 37.3 Å². The van der Waals surface area contributed by atoms with Gasteiger partial charge in [-0.05, 0) is 37.6 Å². The Balaban J connectivity index is 1.73. The molecule has 0 aliphatic carbocycles. The molecule has 1 N–H and O–H groups in total. The van der Waals surface area contributed by atoms with Gasteiger partial charge in [0, 0.05) is 17.6 Å². The van der Waals surface area contributed by atoms with Gasteiger partial charge in [-0.1, -0.05) is 35.5 Å². The number of rotatable bonds is 6. The third kappa shape index (κ3) is 3.81. The molecule has 0 bridgehead atoms. The fraction of sp³-hybridized carbons (Fsp3) is 0.263. The standard InChI is InChI=1S/C19H20ClN3O2S/c1-4-23-16-8-6-5-7-14(16)22-19(23)26-11-18(24)21-15-9-12(2)13(20)10-17(15)25-3/h5-10H,4,11H2,1-3H3,(H,21,24). The van der Waals surface area contributed by atoms with Crippen molar-refractivity contribution in [2.75, 3.05) is 18.2 Å². The second-order valence-electron chi connectivity index (χ2n) is 5.77. The summed E-state index contributed by atoms with van der Waals surface area (Å²) in [6, 6.07) is 11.5. The van der Waals surface area contributed by atoms with E-state index in [1.165, 1.54) is 11.8 Å². The molecule has 0 fully saturated rings. The molecule has 5 nitrogen and oxygen atoms in total. The number of carbonyl (C=O) groups is 1. The van der Waals surface area contributed by atoms with E-state index < -0.39 is 0 Å². The first-order chi connectivity index (χ1) is 12.5. The summed E-state index contributed by atoms with van der Waals surface area (Å²) in [5.74, 6) is 0.679. The number of carbonyl (C=O) groups excluding carboxylic acids is 1. The number of aryl methyl sites for hydroxylation is 2. The Kier molecular flexibility index (Phi) is 5.74. The summed E-state index contributed by atoms with van der Waals surface area (Å²) < 4.78 is 7.41. The van der Waals surface area contributed by atoms with Gasteiger partial charge in [0.15, 0.2) is 5.16 Å². The molecule has 0 saturated carbocycles. The number of nitrogens with one attached hydrogen (secondary N) is 1. The molecule has 3 aromatic rings. The molecule has 0 saturated heterocycles. The summed E-state index contributed by atoms with van der Waals surface area (Å²) in [6.07, 6.45) is 0. The van der Waals surface area contributed by atoms with Crippen molar-refractivity contribution >= 4 is 46.0 Å². The van der Waals surface area contributed by atoms with Crippen LogP contribution in [-0.4, -0.2) is 28.3 Å². The smallest absolute Gasteiger partial charge is 0.234 e. The van der Waals surface area contributed by atoms with Crippen LogP contribution in [0.2, 0.25) is 5.02 Å². The van der Waals surface area contributed by atoms with Gasteiger partial charge in [0.05, 0.1) is 29.6 Å². The number of ether oxygens (including phenoxy) is 1. The number of fused-ring (bicyclic) bond motifs is 1. The highest BCUT2D eigenvalue weighted by atomic mass is 35.5. The highest BCUT2D eigenvalue weighted by Crippen LogP contribution is 2.31. The number of anilines is 1. The van der Waals surface area contributed by atoms with Gasteiger partial charge >= 0.3 is 0 Å². The van der Waals surface area contributed by atoms with E-state index in [0.29, 0.717) is 16.5 Å². The van der Waals surface area contributed by atoms with Gasteiger partial charge in [-0.25, -0.2) is 4.98 Å². The van der Waals surface area contributed by atoms with Crippen LogP contribution in [0.1, 0.15) is 12.5 Å². The molecular formula is C19H20ClN3O2S. The lowest BCUT2D eigenvalue weighted by Gasteiger charge is -2.12. The maximum absolute atomic E-state index is 12.4. The topological polar surface area (TPSA) is 56.2 Å². The average molecular weight is 390 g/mol. The minimum atomic E-state index is -0.121. The van der Waals surface area contributed by atoms with Crippen molar-refractivity contribution in [1.82, 2.24) is 9.55 Å². The quantitative estimate of drug-likeness (QED) is 0.617. The molecule has 26 heavy (non-hydrogen) atoms. The van der Waals surface area contributed by atoms with Crippen molar-refractivity contribution in [2.24, 2.45) is 0 Å². The Morgan fingerprint density at radius 2 is 2.12 bits per heavy atom. The van der Waals surface area contributed by atoms with Gasteiger partial charge in [-0.3, -0.25) is 4.79 Å². The van der Waals surface area contributed by atoms with E-state index >= 15 is 0 Å². The third-order valence-corrected chi connectivity index (χ3v) is 5.41. The molecule has 0 aliphatic rings. The zero-order valence-corrected chi connectivity index (χ0v) is 16.4. The van der Waals surface area contributed by atoms with E-state index in [0.717, 1.165) is 28.3 Å². The molecule has 0 atom stereocenters. The normalized spacial score (nSPS) is 10.9. The Labute approximate surface area is 161 Å². The molecule has 0 radical (unpaired) electrons. The molecule has 2 aromatic carbocycles. The molecule has 136 valence electrons. The first-order valence-electron chi connectivity index (χ1n) is 8.25. The number of methoxy groups -OCH3 is 1. The average Bonchev–Trinajstić information content (AvgIpc) is 3.00. The molecule has 7 heteroatoms. The summed E-state index contributed by atoms with van der Waals surface area (Å²) in [5, 5.41) is 4.33. The molecule has 0 unspecified atom stereocenters. The number of hydrogen-bond donors (Lipinski definition) is 1. The molecule has 1 amide bonds. The van der Waals surface area contributed by atoms with E-state index in [1.54, 1.807) is 13.2 Å². The van der Waals surface area contributed by atoms with E-state index in [9.17, 15) is 4.79 Å². The summed E-state index contributed by atoms with van der Waals surface area (Å²) in [6.45, 7) is 4.75. The largest absolute Gasteiger partial charge is 0.495 e. The number of hydrogen-bond acceptors (Lipinski definition) is 4. The van der Waals surface area contributed by atoms with E-state index in [-0.39, 0.29) is 11.7 Å².